The minimum absolute atomic E-state index is 0.143. The average Bonchev–Trinajstić information content (AvgIpc) is 2.85. The summed E-state index contributed by atoms with van der Waals surface area (Å²) in [5, 5.41) is 9.67. The van der Waals surface area contributed by atoms with Gasteiger partial charge in [0, 0.05) is 16.8 Å². The molecular formula is C15H27N3S. The summed E-state index contributed by atoms with van der Waals surface area (Å²) in [4.78, 5) is 3.85. The lowest BCUT2D eigenvalue weighted by molar-refractivity contribution is 0.319. The first kappa shape index (κ1) is 16.2. The van der Waals surface area contributed by atoms with Gasteiger partial charge >= 0.3 is 0 Å². The zero-order chi connectivity index (χ0) is 14.3. The number of likely N-dealkylation sites (N-methyl/N-ethyl adjacent to an activating group) is 1. The Hall–Kier alpha value is -0.870. The van der Waals surface area contributed by atoms with Crippen molar-refractivity contribution in [3.8, 4) is 0 Å². The standard InChI is InChI=1S/C15H27N3S/c1-15(2,14(16)17)9-4-5-10-18(3)11-8-13-7-6-12-19-13/h6-7,12H,4-5,8-11H2,1-3H3,(H3,16,17). The van der Waals surface area contributed by atoms with Crippen LogP contribution >= 0.6 is 11.3 Å². The van der Waals surface area contributed by atoms with E-state index in [1.54, 1.807) is 0 Å². The van der Waals surface area contributed by atoms with E-state index in [-0.39, 0.29) is 5.41 Å². The van der Waals surface area contributed by atoms with Crippen molar-refractivity contribution in [2.24, 2.45) is 11.1 Å². The van der Waals surface area contributed by atoms with E-state index in [1.807, 2.05) is 11.3 Å². The van der Waals surface area contributed by atoms with E-state index in [0.29, 0.717) is 5.84 Å². The van der Waals surface area contributed by atoms with Crippen LogP contribution < -0.4 is 5.73 Å². The third kappa shape index (κ3) is 6.21. The van der Waals surface area contributed by atoms with Crippen molar-refractivity contribution < 1.29 is 0 Å². The minimum Gasteiger partial charge on any atom is -0.387 e. The Balaban J connectivity index is 2.10. The molecule has 1 rings (SSSR count). The fourth-order valence-electron chi connectivity index (χ4n) is 1.95. The van der Waals surface area contributed by atoms with Crippen molar-refractivity contribution in [1.82, 2.24) is 4.90 Å². The van der Waals surface area contributed by atoms with Gasteiger partial charge in [0.2, 0.25) is 0 Å². The van der Waals surface area contributed by atoms with Gasteiger partial charge in [0.1, 0.15) is 0 Å². The molecule has 1 aromatic rings. The molecule has 19 heavy (non-hydrogen) atoms. The largest absolute Gasteiger partial charge is 0.387 e. The molecule has 0 saturated heterocycles. The highest BCUT2D eigenvalue weighted by molar-refractivity contribution is 7.09. The Kier molecular flexibility index (Phi) is 6.52. The molecule has 0 atom stereocenters. The van der Waals surface area contributed by atoms with Gasteiger partial charge in [-0.3, -0.25) is 5.41 Å². The van der Waals surface area contributed by atoms with Gasteiger partial charge in [0.05, 0.1) is 5.84 Å². The summed E-state index contributed by atoms with van der Waals surface area (Å²) in [6, 6.07) is 4.32. The second-order valence-corrected chi connectivity index (χ2v) is 6.92. The number of nitrogens with one attached hydrogen (secondary N) is 1. The molecule has 0 fully saturated rings. The summed E-state index contributed by atoms with van der Waals surface area (Å²) < 4.78 is 0. The number of rotatable bonds is 9. The lowest BCUT2D eigenvalue weighted by Gasteiger charge is -2.23. The van der Waals surface area contributed by atoms with E-state index in [1.165, 1.54) is 11.3 Å². The van der Waals surface area contributed by atoms with Gasteiger partial charge in [0.15, 0.2) is 0 Å². The van der Waals surface area contributed by atoms with Crippen LogP contribution in [0.4, 0.5) is 0 Å². The van der Waals surface area contributed by atoms with Crippen LogP contribution in [-0.2, 0) is 6.42 Å². The van der Waals surface area contributed by atoms with E-state index in [4.69, 9.17) is 11.1 Å². The SMILES string of the molecule is CN(CCCCC(C)(C)C(=N)N)CCc1cccs1. The van der Waals surface area contributed by atoms with Gasteiger partial charge in [-0.1, -0.05) is 26.3 Å². The van der Waals surface area contributed by atoms with Gasteiger partial charge < -0.3 is 10.6 Å². The fourth-order valence-corrected chi connectivity index (χ4v) is 2.65. The molecule has 0 aliphatic carbocycles. The van der Waals surface area contributed by atoms with Crippen LogP contribution in [0.25, 0.3) is 0 Å². The maximum Gasteiger partial charge on any atom is 0.0963 e. The maximum absolute atomic E-state index is 7.53. The molecule has 3 N–H and O–H groups in total. The van der Waals surface area contributed by atoms with E-state index in [9.17, 15) is 0 Å². The van der Waals surface area contributed by atoms with Crippen LogP contribution in [-0.4, -0.2) is 30.9 Å². The van der Waals surface area contributed by atoms with Gasteiger partial charge in [0.25, 0.3) is 0 Å². The Morgan fingerprint density at radius 1 is 1.37 bits per heavy atom. The maximum atomic E-state index is 7.53. The van der Waals surface area contributed by atoms with Crippen molar-refractivity contribution in [2.45, 2.75) is 39.5 Å². The molecule has 0 amide bonds. The van der Waals surface area contributed by atoms with Crippen LogP contribution in [0.1, 0.15) is 38.0 Å². The summed E-state index contributed by atoms with van der Waals surface area (Å²) in [6.45, 7) is 6.35. The zero-order valence-corrected chi connectivity index (χ0v) is 13.2. The summed E-state index contributed by atoms with van der Waals surface area (Å²) in [7, 11) is 2.18. The highest BCUT2D eigenvalue weighted by Gasteiger charge is 2.20. The third-order valence-electron chi connectivity index (χ3n) is 3.64. The number of nitrogens with two attached hydrogens (primary N) is 1. The number of unbranched alkanes of at least 4 members (excludes halogenated alkanes) is 1. The zero-order valence-electron chi connectivity index (χ0n) is 12.4. The van der Waals surface area contributed by atoms with Crippen molar-refractivity contribution in [3.05, 3.63) is 22.4 Å². The van der Waals surface area contributed by atoms with Crippen LogP contribution in [0, 0.1) is 10.8 Å². The van der Waals surface area contributed by atoms with Gasteiger partial charge in [-0.15, -0.1) is 11.3 Å². The Morgan fingerprint density at radius 3 is 2.68 bits per heavy atom. The molecule has 108 valence electrons. The molecule has 3 nitrogen and oxygen atoms in total. The molecule has 0 aliphatic rings. The number of nitrogens with zero attached hydrogens (tertiary/aromatic N) is 1. The first-order valence-electron chi connectivity index (χ1n) is 6.97. The van der Waals surface area contributed by atoms with E-state index in [0.717, 1.165) is 32.4 Å². The second-order valence-electron chi connectivity index (χ2n) is 5.89. The monoisotopic (exact) mass is 281 g/mol. The molecule has 1 aromatic heterocycles. The quantitative estimate of drug-likeness (QED) is 0.414. The Morgan fingerprint density at radius 2 is 2.11 bits per heavy atom. The lowest BCUT2D eigenvalue weighted by Crippen LogP contribution is -2.31. The predicted octanol–water partition coefficient (Wildman–Crippen LogP) is 3.35. The first-order valence-corrected chi connectivity index (χ1v) is 7.85. The molecule has 0 unspecified atom stereocenters. The minimum atomic E-state index is -0.143. The topological polar surface area (TPSA) is 53.1 Å². The Labute approximate surface area is 121 Å². The number of hydrogen-bond donors (Lipinski definition) is 2. The summed E-state index contributed by atoms with van der Waals surface area (Å²) >= 11 is 1.84. The van der Waals surface area contributed by atoms with Crippen molar-refractivity contribution in [1.29, 1.82) is 5.41 Å². The normalized spacial score (nSPS) is 12.0. The van der Waals surface area contributed by atoms with E-state index >= 15 is 0 Å². The highest BCUT2D eigenvalue weighted by atomic mass is 32.1. The van der Waals surface area contributed by atoms with Gasteiger partial charge in [-0.25, -0.2) is 0 Å². The van der Waals surface area contributed by atoms with Crippen LogP contribution in [0.2, 0.25) is 0 Å². The van der Waals surface area contributed by atoms with Gasteiger partial charge in [-0.2, -0.15) is 0 Å². The van der Waals surface area contributed by atoms with Crippen molar-refractivity contribution in [2.75, 3.05) is 20.1 Å². The second kappa shape index (κ2) is 7.65. The molecule has 0 aromatic carbocycles. The first-order chi connectivity index (χ1) is 8.92. The highest BCUT2D eigenvalue weighted by Crippen LogP contribution is 2.22. The summed E-state index contributed by atoms with van der Waals surface area (Å²) in [5.74, 6) is 0.304. The molecule has 0 spiro atoms. The summed E-state index contributed by atoms with van der Waals surface area (Å²) in [5.41, 5.74) is 5.44. The lowest BCUT2D eigenvalue weighted by atomic mass is 9.86. The number of thiophene rings is 1. The Bertz CT molecular complexity index is 371. The van der Waals surface area contributed by atoms with E-state index < -0.39 is 0 Å². The predicted molar refractivity (Wildman–Crippen MR) is 85.1 cm³/mol. The number of amidine groups is 1. The molecule has 0 radical (unpaired) electrons. The number of hydrogen-bond acceptors (Lipinski definition) is 3. The molecule has 0 aliphatic heterocycles. The third-order valence-corrected chi connectivity index (χ3v) is 4.58. The van der Waals surface area contributed by atoms with Gasteiger partial charge in [-0.05, 0) is 44.3 Å². The van der Waals surface area contributed by atoms with Crippen molar-refractivity contribution >= 4 is 17.2 Å². The fraction of sp³-hybridized carbons (Fsp3) is 0.667. The molecule has 4 heteroatoms. The molecular weight excluding hydrogens is 254 g/mol. The summed E-state index contributed by atoms with van der Waals surface area (Å²) in [6.07, 6.45) is 4.46. The smallest absolute Gasteiger partial charge is 0.0963 e. The van der Waals surface area contributed by atoms with Crippen LogP contribution in [0.15, 0.2) is 17.5 Å². The van der Waals surface area contributed by atoms with E-state index in [2.05, 4.69) is 43.3 Å². The van der Waals surface area contributed by atoms with Crippen molar-refractivity contribution in [3.63, 3.8) is 0 Å². The molecule has 1 heterocycles. The molecule has 0 bridgehead atoms. The average molecular weight is 281 g/mol. The van der Waals surface area contributed by atoms with Crippen LogP contribution in [0.3, 0.4) is 0 Å². The molecule has 0 saturated carbocycles. The van der Waals surface area contributed by atoms with Crippen LogP contribution in [0.5, 0.6) is 0 Å².